The van der Waals surface area contributed by atoms with Gasteiger partial charge in [-0.25, -0.2) is 0 Å². The van der Waals surface area contributed by atoms with Crippen LogP contribution < -0.4 is 11.5 Å². The number of nitrogens with zero attached hydrogens (tertiary/aromatic N) is 3. The first-order valence-corrected chi connectivity index (χ1v) is 8.33. The summed E-state index contributed by atoms with van der Waals surface area (Å²) in [4.78, 5) is 18.9. The number of H-pyrrole nitrogens is 1. The zero-order valence-electron chi connectivity index (χ0n) is 13.6. The zero-order valence-corrected chi connectivity index (χ0v) is 13.6. The largest absolute Gasteiger partial charge is 0.380 e. The van der Waals surface area contributed by atoms with Crippen molar-refractivity contribution in [3.8, 4) is 0 Å². The third-order valence-electron chi connectivity index (χ3n) is 5.21. The van der Waals surface area contributed by atoms with Gasteiger partial charge < -0.3 is 21.1 Å². The van der Waals surface area contributed by atoms with Crippen LogP contribution in [0.2, 0.25) is 0 Å². The fourth-order valence-corrected chi connectivity index (χ4v) is 3.75. The van der Waals surface area contributed by atoms with Crippen LogP contribution in [-0.4, -0.2) is 58.3 Å². The van der Waals surface area contributed by atoms with Crippen LogP contribution in [-0.2, 0) is 9.53 Å². The number of ether oxygens (including phenoxy) is 1. The van der Waals surface area contributed by atoms with E-state index in [-0.39, 0.29) is 29.9 Å². The van der Waals surface area contributed by atoms with Crippen LogP contribution in [0.1, 0.15) is 43.8 Å². The molecule has 1 aliphatic heterocycles. The third kappa shape index (κ3) is 3.48. The van der Waals surface area contributed by atoms with E-state index in [0.29, 0.717) is 5.92 Å². The van der Waals surface area contributed by atoms with E-state index in [0.717, 1.165) is 51.0 Å². The number of aromatic nitrogens is 3. The summed E-state index contributed by atoms with van der Waals surface area (Å²) in [5.41, 5.74) is 11.6. The minimum Gasteiger partial charge on any atom is -0.380 e. The monoisotopic (exact) mass is 322 g/mol. The van der Waals surface area contributed by atoms with Gasteiger partial charge in [0.15, 0.2) is 0 Å². The van der Waals surface area contributed by atoms with Crippen molar-refractivity contribution in [2.24, 2.45) is 11.7 Å². The second-order valence-corrected chi connectivity index (χ2v) is 6.63. The standard InChI is InChI=1S/C15H26N6O2/c1-23-12-8-10(2-3-11(12)16)14(22)21-6-4-9(5-7-21)13-18-15(17)20-19-13/h9-12H,2-8,16H2,1H3,(H3,17,18,19,20)/t10-,11-,12-/m0/s1. The van der Waals surface area contributed by atoms with E-state index in [1.807, 2.05) is 4.90 Å². The number of nitrogen functional groups attached to an aromatic ring is 1. The van der Waals surface area contributed by atoms with E-state index in [1.54, 1.807) is 7.11 Å². The molecule has 5 N–H and O–H groups in total. The molecule has 2 heterocycles. The summed E-state index contributed by atoms with van der Waals surface area (Å²) in [6, 6.07) is 0.0479. The van der Waals surface area contributed by atoms with Crippen molar-refractivity contribution in [3.05, 3.63) is 5.82 Å². The molecule has 3 rings (SSSR count). The number of piperidine rings is 1. The molecule has 2 aliphatic rings. The number of methoxy groups -OCH3 is 1. The Morgan fingerprint density at radius 1 is 1.30 bits per heavy atom. The summed E-state index contributed by atoms with van der Waals surface area (Å²) in [5.74, 6) is 1.70. The van der Waals surface area contributed by atoms with Gasteiger partial charge in [-0.15, -0.1) is 5.10 Å². The Morgan fingerprint density at radius 2 is 2.04 bits per heavy atom. The molecule has 1 aliphatic carbocycles. The Morgan fingerprint density at radius 3 is 2.65 bits per heavy atom. The van der Waals surface area contributed by atoms with Crippen molar-refractivity contribution in [2.75, 3.05) is 25.9 Å². The Hall–Kier alpha value is -1.67. The number of nitrogens with two attached hydrogens (primary N) is 2. The summed E-state index contributed by atoms with van der Waals surface area (Å²) >= 11 is 0. The molecule has 128 valence electrons. The van der Waals surface area contributed by atoms with Gasteiger partial charge in [-0.3, -0.25) is 9.89 Å². The number of carbonyl (C=O) groups excluding carboxylic acids is 1. The van der Waals surface area contributed by atoms with E-state index >= 15 is 0 Å². The Labute approximate surface area is 135 Å². The predicted molar refractivity (Wildman–Crippen MR) is 85.5 cm³/mol. The summed E-state index contributed by atoms with van der Waals surface area (Å²) in [6.07, 6.45) is 4.21. The summed E-state index contributed by atoms with van der Waals surface area (Å²) in [6.45, 7) is 1.51. The number of anilines is 1. The smallest absolute Gasteiger partial charge is 0.239 e. The van der Waals surface area contributed by atoms with E-state index in [2.05, 4.69) is 15.2 Å². The van der Waals surface area contributed by atoms with Crippen molar-refractivity contribution in [1.82, 2.24) is 20.1 Å². The van der Waals surface area contributed by atoms with Crippen LogP contribution >= 0.6 is 0 Å². The van der Waals surface area contributed by atoms with Crippen molar-refractivity contribution in [3.63, 3.8) is 0 Å². The molecule has 1 saturated heterocycles. The van der Waals surface area contributed by atoms with Crippen LogP contribution in [0.4, 0.5) is 5.95 Å². The molecule has 0 aromatic carbocycles. The van der Waals surface area contributed by atoms with Gasteiger partial charge in [-0.05, 0) is 32.1 Å². The molecule has 1 aromatic rings. The molecular weight excluding hydrogens is 296 g/mol. The molecule has 8 nitrogen and oxygen atoms in total. The molecule has 2 fully saturated rings. The average Bonchev–Trinajstić information content (AvgIpc) is 3.01. The lowest BCUT2D eigenvalue weighted by molar-refractivity contribution is -0.139. The molecule has 23 heavy (non-hydrogen) atoms. The third-order valence-corrected chi connectivity index (χ3v) is 5.21. The van der Waals surface area contributed by atoms with E-state index in [9.17, 15) is 4.79 Å². The number of nitrogens with one attached hydrogen (secondary N) is 1. The highest BCUT2D eigenvalue weighted by Crippen LogP contribution is 2.30. The topological polar surface area (TPSA) is 123 Å². The van der Waals surface area contributed by atoms with Gasteiger partial charge in [-0.2, -0.15) is 4.98 Å². The maximum absolute atomic E-state index is 12.7. The Kier molecular flexibility index (Phi) is 4.82. The predicted octanol–water partition coefficient (Wildman–Crippen LogP) is 0.235. The number of amides is 1. The molecule has 8 heteroatoms. The van der Waals surface area contributed by atoms with Gasteiger partial charge >= 0.3 is 0 Å². The lowest BCUT2D eigenvalue weighted by Gasteiger charge is -2.37. The minimum absolute atomic E-state index is 0.00703. The Balaban J connectivity index is 1.54. The normalized spacial score (nSPS) is 29.7. The number of hydrogen-bond donors (Lipinski definition) is 3. The van der Waals surface area contributed by atoms with E-state index in [1.165, 1.54) is 0 Å². The highest BCUT2D eigenvalue weighted by atomic mass is 16.5. The van der Waals surface area contributed by atoms with Crippen molar-refractivity contribution in [1.29, 1.82) is 0 Å². The van der Waals surface area contributed by atoms with Crippen molar-refractivity contribution < 1.29 is 9.53 Å². The molecule has 0 unspecified atom stereocenters. The average molecular weight is 322 g/mol. The second kappa shape index (κ2) is 6.84. The minimum atomic E-state index is -0.00703. The summed E-state index contributed by atoms with van der Waals surface area (Å²) in [5, 5.41) is 6.76. The first-order chi connectivity index (χ1) is 11.1. The van der Waals surface area contributed by atoms with Gasteiger partial charge in [0.1, 0.15) is 5.82 Å². The lowest BCUT2D eigenvalue weighted by atomic mass is 9.83. The van der Waals surface area contributed by atoms with E-state index < -0.39 is 0 Å². The molecule has 1 saturated carbocycles. The molecular formula is C15H26N6O2. The maximum atomic E-state index is 12.7. The first-order valence-electron chi connectivity index (χ1n) is 8.33. The summed E-state index contributed by atoms with van der Waals surface area (Å²) in [7, 11) is 1.67. The number of likely N-dealkylation sites (tertiary alicyclic amines) is 1. The number of rotatable bonds is 3. The molecule has 1 aromatic heterocycles. The van der Waals surface area contributed by atoms with Crippen LogP contribution in [0.15, 0.2) is 0 Å². The quantitative estimate of drug-likeness (QED) is 0.732. The molecule has 0 spiro atoms. The maximum Gasteiger partial charge on any atom is 0.239 e. The van der Waals surface area contributed by atoms with Crippen LogP contribution in [0.25, 0.3) is 0 Å². The molecule has 0 bridgehead atoms. The van der Waals surface area contributed by atoms with Crippen molar-refractivity contribution >= 4 is 11.9 Å². The van der Waals surface area contributed by atoms with Crippen LogP contribution in [0.3, 0.4) is 0 Å². The van der Waals surface area contributed by atoms with Crippen molar-refractivity contribution in [2.45, 2.75) is 50.2 Å². The van der Waals surface area contributed by atoms with Gasteiger partial charge in [0.2, 0.25) is 11.9 Å². The molecule has 0 radical (unpaired) electrons. The van der Waals surface area contributed by atoms with Gasteiger partial charge in [0.25, 0.3) is 0 Å². The van der Waals surface area contributed by atoms with E-state index in [4.69, 9.17) is 16.2 Å². The zero-order chi connectivity index (χ0) is 16.4. The van der Waals surface area contributed by atoms with Crippen LogP contribution in [0.5, 0.6) is 0 Å². The second-order valence-electron chi connectivity index (χ2n) is 6.63. The highest BCUT2D eigenvalue weighted by Gasteiger charge is 2.35. The highest BCUT2D eigenvalue weighted by molar-refractivity contribution is 5.79. The number of carbonyl (C=O) groups is 1. The van der Waals surface area contributed by atoms with Crippen LogP contribution in [0, 0.1) is 5.92 Å². The molecule has 3 atom stereocenters. The fourth-order valence-electron chi connectivity index (χ4n) is 3.75. The SMILES string of the molecule is CO[C@H]1C[C@@H](C(=O)N2CCC(c3nc(N)n[nH]3)CC2)CC[C@@H]1N. The number of hydrogen-bond acceptors (Lipinski definition) is 6. The number of aromatic amines is 1. The first kappa shape index (κ1) is 16.2. The fraction of sp³-hybridized carbons (Fsp3) is 0.800. The van der Waals surface area contributed by atoms with Gasteiger partial charge in [0.05, 0.1) is 6.10 Å². The van der Waals surface area contributed by atoms with Gasteiger partial charge in [0, 0.05) is 38.1 Å². The van der Waals surface area contributed by atoms with Gasteiger partial charge in [-0.1, -0.05) is 0 Å². The molecule has 1 amide bonds. The summed E-state index contributed by atoms with van der Waals surface area (Å²) < 4.78 is 5.42. The Bertz CT molecular complexity index is 540. The lowest BCUT2D eigenvalue weighted by Crippen LogP contribution is -2.48.